The lowest BCUT2D eigenvalue weighted by molar-refractivity contribution is 0.0593. The van der Waals surface area contributed by atoms with Crippen molar-refractivity contribution in [2.45, 2.75) is 32.1 Å². The molecule has 0 saturated carbocycles. The molecule has 15 heavy (non-hydrogen) atoms. The predicted molar refractivity (Wildman–Crippen MR) is 56.9 cm³/mol. The number of fused-ring (bicyclic) bond motifs is 1. The SMILES string of the molecule is COC(=O)c1ccc2c(n1)CCCC2C. The number of aromatic nitrogens is 1. The second-order valence-electron chi connectivity index (χ2n) is 4.02. The van der Waals surface area contributed by atoms with Crippen molar-refractivity contribution in [3.8, 4) is 0 Å². The van der Waals surface area contributed by atoms with Crippen LogP contribution in [0, 0.1) is 0 Å². The number of nitrogens with zero attached hydrogens (tertiary/aromatic N) is 1. The third-order valence-corrected chi connectivity index (χ3v) is 2.99. The molecule has 3 nitrogen and oxygen atoms in total. The smallest absolute Gasteiger partial charge is 0.356 e. The summed E-state index contributed by atoms with van der Waals surface area (Å²) in [7, 11) is 1.38. The van der Waals surface area contributed by atoms with E-state index in [0.717, 1.165) is 18.5 Å². The fraction of sp³-hybridized carbons (Fsp3) is 0.500. The van der Waals surface area contributed by atoms with Gasteiger partial charge >= 0.3 is 5.97 Å². The number of aryl methyl sites for hydroxylation is 1. The van der Waals surface area contributed by atoms with Gasteiger partial charge in [-0.15, -0.1) is 0 Å². The van der Waals surface area contributed by atoms with Gasteiger partial charge in [-0.05, 0) is 36.8 Å². The Morgan fingerprint density at radius 1 is 1.53 bits per heavy atom. The Kier molecular flexibility index (Phi) is 2.71. The number of hydrogen-bond acceptors (Lipinski definition) is 3. The highest BCUT2D eigenvalue weighted by molar-refractivity contribution is 5.87. The summed E-state index contributed by atoms with van der Waals surface area (Å²) in [5, 5.41) is 0. The Bertz CT molecular complexity index is 387. The molecule has 1 unspecified atom stereocenters. The van der Waals surface area contributed by atoms with Crippen molar-refractivity contribution in [3.63, 3.8) is 0 Å². The van der Waals surface area contributed by atoms with Gasteiger partial charge in [-0.3, -0.25) is 0 Å². The van der Waals surface area contributed by atoms with E-state index in [1.54, 1.807) is 6.07 Å². The first-order chi connectivity index (χ1) is 7.22. The van der Waals surface area contributed by atoms with Crippen LogP contribution in [0.3, 0.4) is 0 Å². The molecule has 0 radical (unpaired) electrons. The molecule has 0 aromatic carbocycles. The van der Waals surface area contributed by atoms with E-state index in [0.29, 0.717) is 11.6 Å². The summed E-state index contributed by atoms with van der Waals surface area (Å²) in [6.07, 6.45) is 3.35. The first kappa shape index (κ1) is 10.1. The number of rotatable bonds is 1. The van der Waals surface area contributed by atoms with Gasteiger partial charge in [0.15, 0.2) is 0 Å². The monoisotopic (exact) mass is 205 g/mol. The number of carbonyl (C=O) groups excluding carboxylic acids is 1. The van der Waals surface area contributed by atoms with E-state index in [1.807, 2.05) is 6.07 Å². The molecule has 80 valence electrons. The molecule has 0 N–H and O–H groups in total. The van der Waals surface area contributed by atoms with Crippen LogP contribution in [0.1, 0.15) is 47.4 Å². The second kappa shape index (κ2) is 4.01. The van der Waals surface area contributed by atoms with Gasteiger partial charge in [0.25, 0.3) is 0 Å². The Hall–Kier alpha value is -1.38. The van der Waals surface area contributed by atoms with Gasteiger partial charge in [0.2, 0.25) is 0 Å². The largest absolute Gasteiger partial charge is 0.464 e. The van der Waals surface area contributed by atoms with E-state index in [-0.39, 0.29) is 5.97 Å². The molecule has 0 bridgehead atoms. The fourth-order valence-electron chi connectivity index (χ4n) is 2.11. The van der Waals surface area contributed by atoms with Crippen molar-refractivity contribution >= 4 is 5.97 Å². The van der Waals surface area contributed by atoms with Crippen molar-refractivity contribution in [2.24, 2.45) is 0 Å². The van der Waals surface area contributed by atoms with Gasteiger partial charge in [-0.1, -0.05) is 13.0 Å². The fourth-order valence-corrected chi connectivity index (χ4v) is 2.11. The Balaban J connectivity index is 2.37. The highest BCUT2D eigenvalue weighted by atomic mass is 16.5. The van der Waals surface area contributed by atoms with Crippen molar-refractivity contribution in [1.29, 1.82) is 0 Å². The van der Waals surface area contributed by atoms with E-state index >= 15 is 0 Å². The lowest BCUT2D eigenvalue weighted by Crippen LogP contribution is -2.13. The topological polar surface area (TPSA) is 39.2 Å². The van der Waals surface area contributed by atoms with Crippen LogP contribution in [0.4, 0.5) is 0 Å². The maximum Gasteiger partial charge on any atom is 0.356 e. The Labute approximate surface area is 89.5 Å². The first-order valence-electron chi connectivity index (χ1n) is 5.30. The molecule has 1 heterocycles. The minimum absolute atomic E-state index is 0.351. The van der Waals surface area contributed by atoms with Gasteiger partial charge in [-0.2, -0.15) is 0 Å². The average Bonchev–Trinajstić information content (AvgIpc) is 2.28. The van der Waals surface area contributed by atoms with Crippen LogP contribution in [-0.2, 0) is 11.2 Å². The van der Waals surface area contributed by atoms with Gasteiger partial charge in [0.1, 0.15) is 5.69 Å². The molecule has 1 aliphatic rings. The van der Waals surface area contributed by atoms with E-state index in [4.69, 9.17) is 0 Å². The zero-order valence-electron chi connectivity index (χ0n) is 9.12. The summed E-state index contributed by atoms with van der Waals surface area (Å²) in [6, 6.07) is 3.77. The van der Waals surface area contributed by atoms with Crippen molar-refractivity contribution < 1.29 is 9.53 Å². The number of ether oxygens (including phenoxy) is 1. The van der Waals surface area contributed by atoms with Crippen LogP contribution in [0.15, 0.2) is 12.1 Å². The molecule has 0 amide bonds. The minimum Gasteiger partial charge on any atom is -0.464 e. The highest BCUT2D eigenvalue weighted by Gasteiger charge is 2.19. The summed E-state index contributed by atoms with van der Waals surface area (Å²) in [5.74, 6) is 0.212. The molecule has 1 atom stereocenters. The predicted octanol–water partition coefficient (Wildman–Crippen LogP) is 2.31. The van der Waals surface area contributed by atoms with Gasteiger partial charge in [0.05, 0.1) is 7.11 Å². The molecule has 1 aromatic rings. The molecular weight excluding hydrogens is 190 g/mol. The van der Waals surface area contributed by atoms with Gasteiger partial charge < -0.3 is 4.74 Å². The summed E-state index contributed by atoms with van der Waals surface area (Å²) >= 11 is 0. The number of hydrogen-bond donors (Lipinski definition) is 0. The van der Waals surface area contributed by atoms with Crippen LogP contribution >= 0.6 is 0 Å². The molecule has 0 fully saturated rings. The van der Waals surface area contributed by atoms with Crippen molar-refractivity contribution in [1.82, 2.24) is 4.98 Å². The van der Waals surface area contributed by atoms with Gasteiger partial charge in [0, 0.05) is 5.69 Å². The Morgan fingerprint density at radius 2 is 2.33 bits per heavy atom. The maximum atomic E-state index is 11.3. The number of pyridine rings is 1. The summed E-state index contributed by atoms with van der Waals surface area (Å²) < 4.78 is 4.65. The molecule has 1 aliphatic carbocycles. The van der Waals surface area contributed by atoms with Crippen molar-refractivity contribution in [2.75, 3.05) is 7.11 Å². The standard InChI is InChI=1S/C12H15NO2/c1-8-4-3-5-10-9(8)6-7-11(13-10)12(14)15-2/h6-8H,3-5H2,1-2H3. The molecule has 2 rings (SSSR count). The normalized spacial score (nSPS) is 19.5. The van der Waals surface area contributed by atoms with E-state index in [9.17, 15) is 4.79 Å². The summed E-state index contributed by atoms with van der Waals surface area (Å²) in [4.78, 5) is 15.7. The third kappa shape index (κ3) is 1.87. The van der Waals surface area contributed by atoms with E-state index < -0.39 is 0 Å². The average molecular weight is 205 g/mol. The molecule has 0 saturated heterocycles. The molecular formula is C12H15NO2. The minimum atomic E-state index is -0.351. The molecule has 0 spiro atoms. The lowest BCUT2D eigenvalue weighted by Gasteiger charge is -2.21. The third-order valence-electron chi connectivity index (χ3n) is 2.99. The lowest BCUT2D eigenvalue weighted by atomic mass is 9.87. The number of methoxy groups -OCH3 is 1. The number of esters is 1. The maximum absolute atomic E-state index is 11.3. The zero-order valence-corrected chi connectivity index (χ0v) is 9.12. The van der Waals surface area contributed by atoms with Crippen LogP contribution in [-0.4, -0.2) is 18.1 Å². The summed E-state index contributed by atoms with van der Waals surface area (Å²) in [6.45, 7) is 2.21. The number of carbonyl (C=O) groups is 1. The van der Waals surface area contributed by atoms with E-state index in [2.05, 4.69) is 16.6 Å². The molecule has 3 heteroatoms. The highest BCUT2D eigenvalue weighted by Crippen LogP contribution is 2.29. The van der Waals surface area contributed by atoms with Crippen LogP contribution in [0.25, 0.3) is 0 Å². The molecule has 1 aromatic heterocycles. The van der Waals surface area contributed by atoms with Crippen molar-refractivity contribution in [3.05, 3.63) is 29.1 Å². The second-order valence-corrected chi connectivity index (χ2v) is 4.02. The van der Waals surface area contributed by atoms with Gasteiger partial charge in [-0.25, -0.2) is 9.78 Å². The Morgan fingerprint density at radius 3 is 3.07 bits per heavy atom. The van der Waals surface area contributed by atoms with Crippen LogP contribution in [0.2, 0.25) is 0 Å². The van der Waals surface area contributed by atoms with Crippen LogP contribution < -0.4 is 0 Å². The van der Waals surface area contributed by atoms with E-state index in [1.165, 1.54) is 19.1 Å². The van der Waals surface area contributed by atoms with Crippen LogP contribution in [0.5, 0.6) is 0 Å². The molecule has 0 aliphatic heterocycles. The first-order valence-corrected chi connectivity index (χ1v) is 5.30. The summed E-state index contributed by atoms with van der Waals surface area (Å²) in [5.41, 5.74) is 2.77. The quantitative estimate of drug-likeness (QED) is 0.660. The zero-order chi connectivity index (χ0) is 10.8.